The van der Waals surface area contributed by atoms with Crippen LogP contribution in [0.2, 0.25) is 0 Å². The molecule has 3 heteroatoms. The summed E-state index contributed by atoms with van der Waals surface area (Å²) in [4.78, 5) is 0. The lowest BCUT2D eigenvalue weighted by molar-refractivity contribution is 0.170. The predicted octanol–water partition coefficient (Wildman–Crippen LogP) is 3.33. The predicted molar refractivity (Wildman–Crippen MR) is 63.0 cm³/mol. The Hall–Kier alpha value is 0.110. The van der Waals surface area contributed by atoms with E-state index in [1.807, 2.05) is 0 Å². The van der Waals surface area contributed by atoms with Crippen LogP contribution in [0.15, 0.2) is 0 Å². The molecule has 0 saturated heterocycles. The van der Waals surface area contributed by atoms with Gasteiger partial charge >= 0.3 is 0 Å². The Morgan fingerprint density at radius 2 is 1.33 bits per heavy atom. The first-order chi connectivity index (χ1) is 7.36. The second-order valence-corrected chi connectivity index (χ2v) is 6.26. The molecule has 0 amide bonds. The van der Waals surface area contributed by atoms with Crippen molar-refractivity contribution in [3.05, 3.63) is 0 Å². The van der Waals surface area contributed by atoms with Gasteiger partial charge in [-0.3, -0.25) is 4.18 Å². The monoisotopic (exact) mass is 230 g/mol. The summed E-state index contributed by atoms with van der Waals surface area (Å²) in [5, 5.41) is 0.334. The fourth-order valence-electron chi connectivity index (χ4n) is 2.63. The third-order valence-corrected chi connectivity index (χ3v) is 5.09. The lowest BCUT2D eigenvalue weighted by Gasteiger charge is -2.25. The van der Waals surface area contributed by atoms with E-state index in [9.17, 15) is 4.21 Å². The molecule has 0 aromatic rings. The molecule has 0 bridgehead atoms. The molecule has 15 heavy (non-hydrogen) atoms. The molecule has 2 nitrogen and oxygen atoms in total. The molecule has 1 atom stereocenters. The molecule has 2 aliphatic carbocycles. The van der Waals surface area contributed by atoms with Gasteiger partial charge in [-0.25, -0.2) is 4.21 Å². The molecule has 88 valence electrons. The van der Waals surface area contributed by atoms with Crippen molar-refractivity contribution in [1.29, 1.82) is 0 Å². The first-order valence-corrected chi connectivity index (χ1v) is 7.58. The normalized spacial score (nSPS) is 27.7. The van der Waals surface area contributed by atoms with E-state index >= 15 is 0 Å². The van der Waals surface area contributed by atoms with E-state index < -0.39 is 11.1 Å². The van der Waals surface area contributed by atoms with Gasteiger partial charge in [0.2, 0.25) is 0 Å². The molecule has 0 heterocycles. The van der Waals surface area contributed by atoms with Crippen molar-refractivity contribution >= 4 is 11.1 Å². The fourth-order valence-corrected chi connectivity index (χ4v) is 3.97. The van der Waals surface area contributed by atoms with Crippen LogP contribution in [0.1, 0.15) is 64.2 Å². The van der Waals surface area contributed by atoms with Gasteiger partial charge in [0.25, 0.3) is 0 Å². The van der Waals surface area contributed by atoms with Crippen LogP contribution in [0.5, 0.6) is 0 Å². The van der Waals surface area contributed by atoms with Gasteiger partial charge in [0, 0.05) is 0 Å². The molecule has 0 aliphatic heterocycles. The van der Waals surface area contributed by atoms with Crippen LogP contribution in [0.25, 0.3) is 0 Å². The van der Waals surface area contributed by atoms with Crippen LogP contribution in [0, 0.1) is 0 Å². The number of hydrogen-bond acceptors (Lipinski definition) is 2. The van der Waals surface area contributed by atoms with Gasteiger partial charge in [-0.2, -0.15) is 0 Å². The van der Waals surface area contributed by atoms with E-state index in [0.29, 0.717) is 11.4 Å². The molecule has 2 aliphatic rings. The lowest BCUT2D eigenvalue weighted by Crippen LogP contribution is -2.26. The molecule has 1 unspecified atom stereocenters. The Kier molecular flexibility index (Phi) is 4.63. The maximum absolute atomic E-state index is 12.0. The van der Waals surface area contributed by atoms with Crippen LogP contribution >= 0.6 is 0 Å². The third kappa shape index (κ3) is 3.56. The van der Waals surface area contributed by atoms with Crippen molar-refractivity contribution < 1.29 is 8.39 Å². The van der Waals surface area contributed by atoms with Crippen LogP contribution in [0.3, 0.4) is 0 Å². The molecular weight excluding hydrogens is 208 g/mol. The summed E-state index contributed by atoms with van der Waals surface area (Å²) >= 11 is -1.00. The van der Waals surface area contributed by atoms with Gasteiger partial charge in [0.05, 0.1) is 11.4 Å². The molecular formula is C12H22O2S. The van der Waals surface area contributed by atoms with Crippen molar-refractivity contribution in [2.24, 2.45) is 0 Å². The zero-order valence-corrected chi connectivity index (χ0v) is 10.3. The lowest BCUT2D eigenvalue weighted by atomic mass is 9.98. The van der Waals surface area contributed by atoms with Gasteiger partial charge in [-0.1, -0.05) is 38.5 Å². The van der Waals surface area contributed by atoms with Crippen LogP contribution < -0.4 is 0 Å². The summed E-state index contributed by atoms with van der Waals surface area (Å²) in [6.45, 7) is 0. The second-order valence-electron chi connectivity index (χ2n) is 4.88. The highest BCUT2D eigenvalue weighted by Gasteiger charge is 2.24. The van der Waals surface area contributed by atoms with E-state index in [0.717, 1.165) is 25.7 Å². The highest BCUT2D eigenvalue weighted by atomic mass is 32.2. The summed E-state index contributed by atoms with van der Waals surface area (Å²) < 4.78 is 17.7. The summed E-state index contributed by atoms with van der Waals surface area (Å²) in [7, 11) is 0. The third-order valence-electron chi connectivity index (χ3n) is 3.61. The van der Waals surface area contributed by atoms with Crippen molar-refractivity contribution in [1.82, 2.24) is 0 Å². The minimum absolute atomic E-state index is 0.293. The molecule has 0 radical (unpaired) electrons. The van der Waals surface area contributed by atoms with Gasteiger partial charge in [0.15, 0.2) is 11.1 Å². The van der Waals surface area contributed by atoms with Crippen LogP contribution in [0.4, 0.5) is 0 Å². The second kappa shape index (κ2) is 6.00. The first-order valence-electron chi connectivity index (χ1n) is 6.44. The van der Waals surface area contributed by atoms with Crippen molar-refractivity contribution in [3.8, 4) is 0 Å². The first kappa shape index (κ1) is 11.6. The van der Waals surface area contributed by atoms with E-state index in [1.54, 1.807) is 0 Å². The van der Waals surface area contributed by atoms with Crippen molar-refractivity contribution in [2.75, 3.05) is 0 Å². The summed E-state index contributed by atoms with van der Waals surface area (Å²) in [5.41, 5.74) is 0. The van der Waals surface area contributed by atoms with Gasteiger partial charge in [-0.05, 0) is 25.7 Å². The average molecular weight is 230 g/mol. The Bertz CT molecular complexity index is 206. The zero-order valence-electron chi connectivity index (χ0n) is 9.45. The molecule has 2 saturated carbocycles. The van der Waals surface area contributed by atoms with E-state index in [2.05, 4.69) is 0 Å². The number of hydrogen-bond donors (Lipinski definition) is 0. The topological polar surface area (TPSA) is 26.3 Å². The van der Waals surface area contributed by atoms with Gasteiger partial charge < -0.3 is 0 Å². The molecule has 0 N–H and O–H groups in total. The molecule has 0 aromatic heterocycles. The van der Waals surface area contributed by atoms with Gasteiger partial charge in [-0.15, -0.1) is 0 Å². The van der Waals surface area contributed by atoms with Crippen LogP contribution in [-0.2, 0) is 15.3 Å². The molecule has 2 fully saturated rings. The van der Waals surface area contributed by atoms with E-state index in [1.165, 1.54) is 38.5 Å². The smallest absolute Gasteiger partial charge is 0.158 e. The molecule has 2 rings (SSSR count). The average Bonchev–Trinajstić information content (AvgIpc) is 2.31. The highest BCUT2D eigenvalue weighted by Crippen LogP contribution is 2.26. The Balaban J connectivity index is 1.74. The number of rotatable bonds is 3. The minimum atomic E-state index is -1.00. The van der Waals surface area contributed by atoms with E-state index in [-0.39, 0.29) is 0 Å². The minimum Gasteiger partial charge on any atom is -0.287 e. The SMILES string of the molecule is O=S(OC1CCCCC1)C1CCCCC1. The molecule has 0 spiro atoms. The van der Waals surface area contributed by atoms with Crippen LogP contribution in [-0.4, -0.2) is 15.6 Å². The Labute approximate surface area is 95.4 Å². The quantitative estimate of drug-likeness (QED) is 0.743. The van der Waals surface area contributed by atoms with Gasteiger partial charge in [0.1, 0.15) is 0 Å². The maximum atomic E-state index is 12.0. The summed E-state index contributed by atoms with van der Waals surface area (Å²) in [6, 6.07) is 0. The largest absolute Gasteiger partial charge is 0.287 e. The van der Waals surface area contributed by atoms with E-state index in [4.69, 9.17) is 4.18 Å². The summed E-state index contributed by atoms with van der Waals surface area (Å²) in [5.74, 6) is 0. The maximum Gasteiger partial charge on any atom is 0.158 e. The zero-order chi connectivity index (χ0) is 10.5. The highest BCUT2D eigenvalue weighted by molar-refractivity contribution is 7.80. The van der Waals surface area contributed by atoms with Crippen molar-refractivity contribution in [3.63, 3.8) is 0 Å². The van der Waals surface area contributed by atoms with Crippen molar-refractivity contribution in [2.45, 2.75) is 75.6 Å². The standard InChI is InChI=1S/C12H22O2S/c13-15(12-9-5-2-6-10-12)14-11-7-3-1-4-8-11/h11-12H,1-10H2. The fraction of sp³-hybridized carbons (Fsp3) is 1.00. The summed E-state index contributed by atoms with van der Waals surface area (Å²) in [6.07, 6.45) is 12.4. The molecule has 0 aromatic carbocycles. The Morgan fingerprint density at radius 3 is 1.93 bits per heavy atom. The Morgan fingerprint density at radius 1 is 0.800 bits per heavy atom.